The van der Waals surface area contributed by atoms with Crippen molar-refractivity contribution in [3.8, 4) is 5.75 Å². The second kappa shape index (κ2) is 17.6. The molecule has 1 fully saturated rings. The summed E-state index contributed by atoms with van der Waals surface area (Å²) in [4.78, 5) is 19.7. The van der Waals surface area contributed by atoms with Crippen LogP contribution >= 0.6 is 0 Å². The zero-order valence-electron chi connectivity index (χ0n) is 27.0. The van der Waals surface area contributed by atoms with Gasteiger partial charge in [-0.05, 0) is 87.7 Å². The molecule has 1 N–H and O–H groups in total. The molecule has 0 bridgehead atoms. The topological polar surface area (TPSA) is 97.3 Å². The number of hydrogen-bond donors (Lipinski definition) is 1. The number of sulfonamides is 1. The number of benzene rings is 1. The van der Waals surface area contributed by atoms with Gasteiger partial charge >= 0.3 is 0 Å². The van der Waals surface area contributed by atoms with E-state index in [0.717, 1.165) is 67.1 Å². The predicted molar refractivity (Wildman–Crippen MR) is 175 cm³/mol. The number of aliphatic imine (C=N–C) groups is 1. The van der Waals surface area contributed by atoms with Crippen molar-refractivity contribution in [3.05, 3.63) is 53.0 Å². The highest BCUT2D eigenvalue weighted by Crippen LogP contribution is 2.32. The van der Waals surface area contributed by atoms with Crippen molar-refractivity contribution in [1.29, 1.82) is 0 Å². The maximum atomic E-state index is 12.3. The molecule has 43 heavy (non-hydrogen) atoms. The number of hydrogen-bond acceptors (Lipinski definition) is 7. The number of rotatable bonds is 17. The van der Waals surface area contributed by atoms with Gasteiger partial charge in [-0.3, -0.25) is 19.4 Å². The van der Waals surface area contributed by atoms with Crippen molar-refractivity contribution >= 4 is 21.6 Å². The zero-order valence-corrected chi connectivity index (χ0v) is 27.8. The van der Waals surface area contributed by atoms with Gasteiger partial charge in [0.05, 0.1) is 25.2 Å². The number of methoxy groups -OCH3 is 1. The largest absolute Gasteiger partial charge is 0.497 e. The third-order valence-corrected chi connectivity index (χ3v) is 9.85. The van der Waals surface area contributed by atoms with Gasteiger partial charge in [0.1, 0.15) is 11.5 Å². The fourth-order valence-electron chi connectivity index (χ4n) is 5.82. The van der Waals surface area contributed by atoms with Crippen LogP contribution in [-0.4, -0.2) is 56.9 Å². The number of carbonyl (C=O) groups excluding carboxylic acids is 1. The molecule has 0 aromatic heterocycles. The summed E-state index contributed by atoms with van der Waals surface area (Å²) in [7, 11) is -1.92. The van der Waals surface area contributed by atoms with Crippen LogP contribution in [0.3, 0.4) is 0 Å². The number of ether oxygens (including phenoxy) is 2. The molecular formula is C34H53N3O5S. The van der Waals surface area contributed by atoms with Crippen molar-refractivity contribution in [2.24, 2.45) is 10.9 Å². The van der Waals surface area contributed by atoms with Crippen LogP contribution in [0.1, 0.15) is 103 Å². The average molecular weight is 616 g/mol. The Balaban J connectivity index is 1.66. The summed E-state index contributed by atoms with van der Waals surface area (Å²) in [5.41, 5.74) is 4.35. The number of nitrogens with one attached hydrogen (secondary N) is 1. The summed E-state index contributed by atoms with van der Waals surface area (Å²) in [6.45, 7) is 10.6. The molecule has 3 rings (SSSR count). The monoisotopic (exact) mass is 615 g/mol. The molecule has 2 unspecified atom stereocenters. The molecular weight excluding hydrogens is 562 g/mol. The van der Waals surface area contributed by atoms with E-state index in [9.17, 15) is 13.2 Å². The summed E-state index contributed by atoms with van der Waals surface area (Å²) in [6, 6.07) is 6.06. The van der Waals surface area contributed by atoms with Gasteiger partial charge in [-0.25, -0.2) is 8.42 Å². The van der Waals surface area contributed by atoms with E-state index >= 15 is 0 Å². The molecule has 2 atom stereocenters. The predicted octanol–water partition coefficient (Wildman–Crippen LogP) is 6.70. The van der Waals surface area contributed by atoms with Crippen LogP contribution in [0.4, 0.5) is 0 Å². The van der Waals surface area contributed by atoms with Gasteiger partial charge in [0, 0.05) is 30.8 Å². The highest BCUT2D eigenvalue weighted by molar-refractivity contribution is 7.90. The third kappa shape index (κ3) is 11.1. The minimum Gasteiger partial charge on any atom is -0.497 e. The van der Waals surface area contributed by atoms with Crippen LogP contribution in [0.25, 0.3) is 0 Å². The Morgan fingerprint density at radius 3 is 2.65 bits per heavy atom. The van der Waals surface area contributed by atoms with Gasteiger partial charge in [-0.2, -0.15) is 0 Å². The normalized spacial score (nSPS) is 19.8. The summed E-state index contributed by atoms with van der Waals surface area (Å²) in [5.74, 6) is 1.49. The molecule has 240 valence electrons. The first-order chi connectivity index (χ1) is 20.7. The number of aryl methyl sites for hydroxylation is 1. The lowest BCUT2D eigenvalue weighted by Crippen LogP contribution is -2.32. The van der Waals surface area contributed by atoms with E-state index in [1.54, 1.807) is 7.11 Å². The van der Waals surface area contributed by atoms with E-state index in [2.05, 4.69) is 36.5 Å². The van der Waals surface area contributed by atoms with E-state index in [0.29, 0.717) is 18.9 Å². The molecule has 2 aliphatic heterocycles. The van der Waals surface area contributed by atoms with Gasteiger partial charge in [-0.1, -0.05) is 52.0 Å². The summed E-state index contributed by atoms with van der Waals surface area (Å²) < 4.78 is 37.7. The molecule has 1 saturated heterocycles. The molecule has 1 aromatic rings. The number of nitrogens with zero attached hydrogens (tertiary/aromatic N) is 2. The Bertz CT molecular complexity index is 1250. The van der Waals surface area contributed by atoms with Crippen molar-refractivity contribution in [2.75, 3.05) is 26.0 Å². The van der Waals surface area contributed by atoms with E-state index in [4.69, 9.17) is 14.5 Å². The average Bonchev–Trinajstić information content (AvgIpc) is 3.36. The minimum absolute atomic E-state index is 0.0987. The molecule has 1 amide bonds. The number of carbonyl (C=O) groups is 1. The van der Waals surface area contributed by atoms with Crippen LogP contribution in [0, 0.1) is 5.92 Å². The quantitative estimate of drug-likeness (QED) is 0.155. The smallest absolute Gasteiger partial charge is 0.234 e. The van der Waals surface area contributed by atoms with Gasteiger partial charge in [-0.15, -0.1) is 0 Å². The van der Waals surface area contributed by atoms with Gasteiger partial charge in [0.25, 0.3) is 0 Å². The second-order valence-corrected chi connectivity index (χ2v) is 13.9. The lowest BCUT2D eigenvalue weighted by atomic mass is 9.95. The molecule has 0 spiro atoms. The Labute approximate surface area is 260 Å². The molecule has 2 aliphatic rings. The third-order valence-electron chi connectivity index (χ3n) is 8.55. The van der Waals surface area contributed by atoms with E-state index < -0.39 is 15.9 Å². The summed E-state index contributed by atoms with van der Waals surface area (Å²) in [6.07, 6.45) is 15.3. The van der Waals surface area contributed by atoms with Gasteiger partial charge in [0.2, 0.25) is 15.9 Å². The van der Waals surface area contributed by atoms with Crippen LogP contribution in [0.2, 0.25) is 0 Å². The lowest BCUT2D eigenvalue weighted by Gasteiger charge is -2.27. The maximum absolute atomic E-state index is 12.3. The molecule has 9 heteroatoms. The second-order valence-electron chi connectivity index (χ2n) is 11.9. The van der Waals surface area contributed by atoms with Crippen LogP contribution in [0.15, 0.2) is 46.9 Å². The number of likely N-dealkylation sites (tertiary alicyclic amines) is 1. The maximum Gasteiger partial charge on any atom is 0.234 e. The van der Waals surface area contributed by atoms with Crippen molar-refractivity contribution in [2.45, 2.75) is 111 Å². The molecule has 2 heterocycles. The molecule has 0 radical (unpaired) electrons. The van der Waals surface area contributed by atoms with Crippen molar-refractivity contribution in [3.63, 3.8) is 0 Å². The van der Waals surface area contributed by atoms with E-state index in [1.807, 2.05) is 24.5 Å². The fourth-order valence-corrected chi connectivity index (χ4v) is 6.42. The zero-order chi connectivity index (χ0) is 31.2. The molecule has 0 saturated carbocycles. The van der Waals surface area contributed by atoms with Crippen molar-refractivity contribution in [1.82, 2.24) is 9.62 Å². The standard InChI is InChI=1S/C34H53N3O5S/c1-6-8-9-10-11-12-21-35-27(4)31-25-42-33(19-15-26(31)3)32-14-13-22-37(32)24-29-23-30(41-5)18-16-28(29)17-20-34(38)36-43(39,40)7-2/h16,18-19,23,25-26,32H,6-15,17,20-22,24H2,1-5H3,(H,36,38). The Kier molecular flexibility index (Phi) is 14.3. The summed E-state index contributed by atoms with van der Waals surface area (Å²) >= 11 is 0. The van der Waals surface area contributed by atoms with Crippen LogP contribution in [0.5, 0.6) is 5.75 Å². The number of allylic oxidation sites excluding steroid dienone is 2. The molecule has 0 aliphatic carbocycles. The van der Waals surface area contributed by atoms with Crippen molar-refractivity contribution < 1.29 is 22.7 Å². The highest BCUT2D eigenvalue weighted by atomic mass is 32.2. The Morgan fingerprint density at radius 2 is 1.91 bits per heavy atom. The summed E-state index contributed by atoms with van der Waals surface area (Å²) in [5, 5.41) is 0. The first-order valence-corrected chi connectivity index (χ1v) is 17.8. The first kappa shape index (κ1) is 34.8. The van der Waals surface area contributed by atoms with Crippen LogP contribution in [-0.2, 0) is 32.5 Å². The first-order valence-electron chi connectivity index (χ1n) is 16.2. The fraction of sp³-hybridized carbons (Fsp3) is 0.647. The Hall–Kier alpha value is -2.65. The number of amides is 1. The van der Waals surface area contributed by atoms with Gasteiger partial charge < -0.3 is 9.47 Å². The molecule has 8 nitrogen and oxygen atoms in total. The van der Waals surface area contributed by atoms with Crippen LogP contribution < -0.4 is 9.46 Å². The highest BCUT2D eigenvalue weighted by Gasteiger charge is 2.31. The van der Waals surface area contributed by atoms with E-state index in [1.165, 1.54) is 44.6 Å². The Morgan fingerprint density at radius 1 is 1.14 bits per heavy atom. The lowest BCUT2D eigenvalue weighted by molar-refractivity contribution is -0.119. The minimum atomic E-state index is -3.57. The van der Waals surface area contributed by atoms with Gasteiger partial charge in [0.15, 0.2) is 0 Å². The SMILES string of the molecule is CCCCCCCCN=C(C)C1=COC(C2CCCN2Cc2cc(OC)ccc2CCC(=O)NS(=O)(=O)CC)=CCC1C. The molecule has 1 aromatic carbocycles. The number of unbranched alkanes of at least 4 members (excludes halogenated alkanes) is 5. The van der Waals surface area contributed by atoms with E-state index in [-0.39, 0.29) is 18.2 Å².